The summed E-state index contributed by atoms with van der Waals surface area (Å²) in [6.07, 6.45) is 10.6. The van der Waals surface area contributed by atoms with Crippen LogP contribution in [-0.4, -0.2) is 26.4 Å². The van der Waals surface area contributed by atoms with Crippen molar-refractivity contribution in [3.8, 4) is 0 Å². The van der Waals surface area contributed by atoms with Crippen LogP contribution in [0, 0.1) is 11.8 Å². The van der Waals surface area contributed by atoms with Gasteiger partial charge in [0.2, 0.25) is 0 Å². The van der Waals surface area contributed by atoms with Crippen LogP contribution >= 0.6 is 0 Å². The molecule has 0 saturated heterocycles. The zero-order chi connectivity index (χ0) is 24.1. The number of fused-ring (bicyclic) bond motifs is 1. The van der Waals surface area contributed by atoms with Gasteiger partial charge in [-0.05, 0) is 55.5 Å². The van der Waals surface area contributed by atoms with E-state index in [1.807, 2.05) is 30.3 Å². The maximum Gasteiger partial charge on any atom is 0.306 e. The number of carbonyl (C=O) groups excluding carboxylic acids is 1. The minimum absolute atomic E-state index is 0.0455. The monoisotopic (exact) mass is 464 g/mol. The Bertz CT molecular complexity index is 1110. The highest BCUT2D eigenvalue weighted by Crippen LogP contribution is 2.32. The third-order valence-corrected chi connectivity index (χ3v) is 7.43. The van der Waals surface area contributed by atoms with Crippen LogP contribution < -0.4 is 0 Å². The topological polar surface area (TPSA) is 85.3 Å². The third-order valence-electron chi connectivity index (χ3n) is 7.43. The molecule has 1 fully saturated rings. The lowest BCUT2D eigenvalue weighted by Gasteiger charge is -2.24. The van der Waals surface area contributed by atoms with Crippen LogP contribution in [0.4, 0.5) is 0 Å². The zero-order valence-corrected chi connectivity index (χ0v) is 20.3. The summed E-state index contributed by atoms with van der Waals surface area (Å²) in [5.41, 5.74) is 2.32. The molecule has 0 bridgehead atoms. The van der Waals surface area contributed by atoms with Crippen molar-refractivity contribution < 1.29 is 19.1 Å². The maximum absolute atomic E-state index is 13.1. The quantitative estimate of drug-likeness (QED) is 0.315. The predicted octanol–water partition coefficient (Wildman–Crippen LogP) is 6.83. The van der Waals surface area contributed by atoms with Crippen molar-refractivity contribution in [2.75, 3.05) is 0 Å². The van der Waals surface area contributed by atoms with E-state index in [9.17, 15) is 14.7 Å². The van der Waals surface area contributed by atoms with E-state index in [1.54, 1.807) is 6.26 Å². The molecule has 1 atom stereocenters. The number of hydrogen-bond acceptors (Lipinski definition) is 4. The van der Waals surface area contributed by atoms with Crippen LogP contribution in [0.15, 0.2) is 41.0 Å². The minimum Gasteiger partial charge on any atom is -0.481 e. The number of nitrogens with zero attached hydrogens (tertiary/aromatic N) is 2. The first kappa shape index (κ1) is 24.2. The Balaban J connectivity index is 1.59. The summed E-state index contributed by atoms with van der Waals surface area (Å²) >= 11 is 0. The van der Waals surface area contributed by atoms with Gasteiger partial charge in [-0.1, -0.05) is 46.0 Å². The van der Waals surface area contributed by atoms with Gasteiger partial charge in [0, 0.05) is 18.0 Å². The Hall–Kier alpha value is -2.89. The summed E-state index contributed by atoms with van der Waals surface area (Å²) in [4.78, 5) is 29.9. The molecule has 1 aromatic carbocycles. The molecule has 182 valence electrons. The van der Waals surface area contributed by atoms with Gasteiger partial charge in [0.1, 0.15) is 11.6 Å². The lowest BCUT2D eigenvalue weighted by molar-refractivity contribution is -0.142. The summed E-state index contributed by atoms with van der Waals surface area (Å²) < 4.78 is 7.84. The number of furan rings is 1. The number of carboxylic acids is 1. The molecule has 0 amide bonds. The molecule has 6 heteroatoms. The number of imidazole rings is 1. The number of aliphatic carboxylic acids is 1. The predicted molar refractivity (Wildman–Crippen MR) is 132 cm³/mol. The number of carboxylic acid groups (broad SMARTS) is 1. The second-order valence-corrected chi connectivity index (χ2v) is 9.73. The molecule has 0 unspecified atom stereocenters. The Labute approximate surface area is 201 Å². The van der Waals surface area contributed by atoms with E-state index in [0.717, 1.165) is 48.3 Å². The van der Waals surface area contributed by atoms with E-state index in [1.165, 1.54) is 19.3 Å². The Morgan fingerprint density at radius 2 is 1.91 bits per heavy atom. The van der Waals surface area contributed by atoms with Crippen molar-refractivity contribution in [3.05, 3.63) is 53.7 Å². The molecule has 4 rings (SSSR count). The molecule has 1 aliphatic carbocycles. The fourth-order valence-corrected chi connectivity index (χ4v) is 5.52. The summed E-state index contributed by atoms with van der Waals surface area (Å²) in [7, 11) is 0. The van der Waals surface area contributed by atoms with Crippen LogP contribution in [0.1, 0.15) is 99.6 Å². The van der Waals surface area contributed by atoms with E-state index in [4.69, 9.17) is 9.40 Å². The first-order chi connectivity index (χ1) is 16.5. The summed E-state index contributed by atoms with van der Waals surface area (Å²) in [6.45, 7) is 4.35. The van der Waals surface area contributed by atoms with Crippen LogP contribution in [0.25, 0.3) is 11.0 Å². The van der Waals surface area contributed by atoms with Crippen LogP contribution in [0.3, 0.4) is 0 Å². The summed E-state index contributed by atoms with van der Waals surface area (Å²) in [5, 5.41) is 9.77. The van der Waals surface area contributed by atoms with Crippen molar-refractivity contribution in [1.82, 2.24) is 9.55 Å². The van der Waals surface area contributed by atoms with Crippen molar-refractivity contribution in [1.29, 1.82) is 0 Å². The smallest absolute Gasteiger partial charge is 0.306 e. The molecule has 0 spiro atoms. The lowest BCUT2D eigenvalue weighted by Crippen LogP contribution is -2.22. The molecule has 0 aliphatic heterocycles. The number of Topliss-reactive ketones (excluding diaryl/α,β-unsaturated/α-hetero) is 1. The van der Waals surface area contributed by atoms with Crippen LogP contribution in [0.2, 0.25) is 0 Å². The molecular formula is C28H36N2O4. The highest BCUT2D eigenvalue weighted by molar-refractivity contribution is 6.00. The van der Waals surface area contributed by atoms with E-state index >= 15 is 0 Å². The Morgan fingerprint density at radius 3 is 2.56 bits per heavy atom. The zero-order valence-electron chi connectivity index (χ0n) is 20.3. The lowest BCUT2D eigenvalue weighted by atomic mass is 9.81. The van der Waals surface area contributed by atoms with Crippen molar-refractivity contribution in [2.45, 2.75) is 84.1 Å². The Kier molecular flexibility index (Phi) is 7.86. The number of carbonyl (C=O) groups is 2. The molecule has 2 aromatic heterocycles. The molecule has 1 N–H and O–H groups in total. The van der Waals surface area contributed by atoms with Gasteiger partial charge in [-0.25, -0.2) is 4.98 Å². The normalized spacial score (nSPS) is 15.7. The molecule has 1 aliphatic rings. The van der Waals surface area contributed by atoms with Gasteiger partial charge in [0.05, 0.1) is 29.6 Å². The molecule has 34 heavy (non-hydrogen) atoms. The number of ketones is 1. The van der Waals surface area contributed by atoms with E-state index in [2.05, 4.69) is 18.4 Å². The van der Waals surface area contributed by atoms with Gasteiger partial charge >= 0.3 is 5.97 Å². The average Bonchev–Trinajstić information content (AvgIpc) is 3.48. The average molecular weight is 465 g/mol. The van der Waals surface area contributed by atoms with Crippen molar-refractivity contribution in [2.24, 2.45) is 11.8 Å². The van der Waals surface area contributed by atoms with Crippen molar-refractivity contribution in [3.63, 3.8) is 0 Å². The molecule has 1 saturated carbocycles. The third kappa shape index (κ3) is 5.43. The number of aromatic nitrogens is 2. The van der Waals surface area contributed by atoms with E-state index in [-0.39, 0.29) is 12.2 Å². The van der Waals surface area contributed by atoms with Gasteiger partial charge in [0.25, 0.3) is 0 Å². The summed E-state index contributed by atoms with van der Waals surface area (Å²) in [6, 6.07) is 9.77. The maximum atomic E-state index is 13.1. The summed E-state index contributed by atoms with van der Waals surface area (Å²) in [5.74, 6) is 0.594. The van der Waals surface area contributed by atoms with Gasteiger partial charge in [-0.3, -0.25) is 9.59 Å². The fraction of sp³-hybridized carbons (Fsp3) is 0.536. The highest BCUT2D eigenvalue weighted by atomic mass is 16.4. The number of rotatable bonds is 11. The first-order valence-electron chi connectivity index (χ1n) is 12.8. The molecule has 0 radical (unpaired) electrons. The Morgan fingerprint density at radius 1 is 1.15 bits per heavy atom. The van der Waals surface area contributed by atoms with Crippen LogP contribution in [-0.2, 0) is 11.2 Å². The van der Waals surface area contributed by atoms with Crippen LogP contribution in [0.5, 0.6) is 0 Å². The first-order valence-corrected chi connectivity index (χ1v) is 12.8. The van der Waals surface area contributed by atoms with E-state index < -0.39 is 11.9 Å². The molecule has 3 aromatic rings. The largest absolute Gasteiger partial charge is 0.481 e. The highest BCUT2D eigenvalue weighted by Gasteiger charge is 2.27. The minimum atomic E-state index is -0.862. The molecular weight excluding hydrogens is 428 g/mol. The van der Waals surface area contributed by atoms with Crippen molar-refractivity contribution >= 4 is 22.8 Å². The van der Waals surface area contributed by atoms with Gasteiger partial charge < -0.3 is 14.1 Å². The standard InChI is InChI=1S/C28H36N2O4/c1-3-22(4-2)30-25-13-12-20(16-24(25)29-27(30)18-23-11-8-14-34-23)26(31)17-21(28(32)33)15-19-9-6-5-7-10-19/h8,11-14,16,19,21-22H,3-7,9-10,15,17-18H2,1-2H3,(H,32,33)/t21-/m0/s1. The fourth-order valence-electron chi connectivity index (χ4n) is 5.52. The second-order valence-electron chi connectivity index (χ2n) is 9.73. The number of hydrogen-bond donors (Lipinski definition) is 1. The van der Waals surface area contributed by atoms with Gasteiger partial charge in [0.15, 0.2) is 5.78 Å². The van der Waals surface area contributed by atoms with Gasteiger partial charge in [-0.15, -0.1) is 0 Å². The SMILES string of the molecule is CCC(CC)n1c(Cc2ccco2)nc2cc(C(=O)C[C@H](CC3CCCCC3)C(=O)O)ccc21. The van der Waals surface area contributed by atoms with Gasteiger partial charge in [-0.2, -0.15) is 0 Å². The number of benzene rings is 1. The molecule has 2 heterocycles. The molecule has 6 nitrogen and oxygen atoms in total. The van der Waals surface area contributed by atoms with E-state index in [0.29, 0.717) is 30.4 Å². The second kappa shape index (κ2) is 11.0.